The Morgan fingerprint density at radius 2 is 1.32 bits per heavy atom. The van der Waals surface area contributed by atoms with Crippen molar-refractivity contribution in [1.29, 1.82) is 0 Å². The largest absolute Gasteiger partial charge is 0 e. The Morgan fingerprint density at radius 1 is 0.955 bits per heavy atom. The molecule has 1 saturated heterocycles. The van der Waals surface area contributed by atoms with Gasteiger partial charge in [-0.2, -0.15) is 0 Å². The molecule has 0 bridgehead atoms. The summed E-state index contributed by atoms with van der Waals surface area (Å²) in [5.74, 6) is 0. The monoisotopic (exact) mass is 357 g/mol. The van der Waals surface area contributed by atoms with Gasteiger partial charge in [-0.1, -0.05) is 26.2 Å². The number of aliphatic hydroxyl groups is 1. The van der Waals surface area contributed by atoms with E-state index in [2.05, 4.69) is 40.2 Å². The van der Waals surface area contributed by atoms with Gasteiger partial charge in [0.15, 0.2) is 0 Å². The zero-order chi connectivity index (χ0) is 18.1. The van der Waals surface area contributed by atoms with Crippen LogP contribution in [0.25, 0.3) is 0 Å². The summed E-state index contributed by atoms with van der Waals surface area (Å²) in [6.07, 6.45) is 5.69. The van der Waals surface area contributed by atoms with Crippen LogP contribution >= 0.6 is 0 Å². The van der Waals surface area contributed by atoms with Gasteiger partial charge in [0, 0.05) is 23.2 Å². The molecule has 0 aromatic heterocycles. The SMILES string of the molecule is CCCCCC(O)CC1CO1.[C-]#[O+].[C-]#[O+].[C-]#[O+].[C-]#[O+].[C-]#[O+].[Co]. The molecule has 0 spiro atoms. The number of epoxide rings is 1. The summed E-state index contributed by atoms with van der Waals surface area (Å²) in [4.78, 5) is 0. The standard InChI is InChI=1S/C9H18O2.5CO.Co/c1-2-3-4-5-8(10)6-9-7-11-9;5*1-2;/h8-10H,2-7H2,1H3;;;;;;. The predicted molar refractivity (Wildman–Crippen MR) is 64.2 cm³/mol. The van der Waals surface area contributed by atoms with E-state index in [-0.39, 0.29) is 22.9 Å². The van der Waals surface area contributed by atoms with Crippen molar-refractivity contribution in [2.75, 3.05) is 6.61 Å². The minimum Gasteiger partial charge on any atom is 0 e. The molecule has 1 N–H and O–H groups in total. The van der Waals surface area contributed by atoms with E-state index >= 15 is 0 Å². The third-order valence-corrected chi connectivity index (χ3v) is 2.08. The molecular weight excluding hydrogens is 339 g/mol. The fourth-order valence-electron chi connectivity index (χ4n) is 1.26. The first-order chi connectivity index (χ1) is 10.3. The first kappa shape index (κ1) is 37.4. The van der Waals surface area contributed by atoms with Gasteiger partial charge < -0.3 is 9.84 Å². The normalized spacial score (nSPS) is 13.0. The summed E-state index contributed by atoms with van der Waals surface area (Å²) in [5, 5.41) is 9.41. The van der Waals surface area contributed by atoms with Gasteiger partial charge in [0.1, 0.15) is 0 Å². The average Bonchev–Trinajstić information content (AvgIpc) is 3.41. The van der Waals surface area contributed by atoms with Crippen molar-refractivity contribution in [2.45, 2.75) is 51.2 Å². The maximum Gasteiger partial charge on any atom is 0 e. The Bertz CT molecular complexity index is 232. The zero-order valence-electron chi connectivity index (χ0n) is 12.1. The second-order valence-corrected chi connectivity index (χ2v) is 3.34. The number of aliphatic hydroxyl groups excluding tert-OH is 1. The number of unbranched alkanes of at least 4 members (excludes halogenated alkanes) is 2. The third kappa shape index (κ3) is 50.8. The molecule has 2 atom stereocenters. The minimum atomic E-state index is -0.117. The first-order valence-corrected chi connectivity index (χ1v) is 5.64. The van der Waals surface area contributed by atoms with E-state index in [0.29, 0.717) is 6.10 Å². The first-order valence-electron chi connectivity index (χ1n) is 5.64. The van der Waals surface area contributed by atoms with Crippen molar-refractivity contribution in [3.63, 3.8) is 0 Å². The molecule has 125 valence electrons. The second-order valence-electron chi connectivity index (χ2n) is 3.34. The summed E-state index contributed by atoms with van der Waals surface area (Å²) in [5.41, 5.74) is 0. The van der Waals surface area contributed by atoms with Gasteiger partial charge in [0.05, 0.1) is 18.8 Å². The molecule has 1 heterocycles. The van der Waals surface area contributed by atoms with E-state index in [1.165, 1.54) is 12.8 Å². The Balaban J connectivity index is -0.0000000500. The fourth-order valence-corrected chi connectivity index (χ4v) is 1.26. The number of hydrogen-bond acceptors (Lipinski definition) is 2. The summed E-state index contributed by atoms with van der Waals surface area (Å²) in [6, 6.07) is 0. The van der Waals surface area contributed by atoms with Crippen LogP contribution in [0.5, 0.6) is 0 Å². The molecule has 8 heteroatoms. The van der Waals surface area contributed by atoms with Gasteiger partial charge >= 0.3 is 56.5 Å². The minimum absolute atomic E-state index is 0. The molecule has 0 aromatic rings. The Kier molecular flexibility index (Phi) is 85.1. The van der Waals surface area contributed by atoms with E-state index < -0.39 is 0 Å². The molecule has 0 amide bonds. The maximum atomic E-state index is 9.41. The van der Waals surface area contributed by atoms with Gasteiger partial charge in [-0.15, -0.1) is 0 Å². The predicted octanol–water partition coefficient (Wildman–Crippen LogP) is 1.53. The number of hydrogen-bond donors (Lipinski definition) is 1. The third-order valence-electron chi connectivity index (χ3n) is 2.08. The van der Waals surface area contributed by atoms with Crippen molar-refractivity contribution in [3.05, 3.63) is 33.3 Å². The average molecular weight is 357 g/mol. The van der Waals surface area contributed by atoms with Crippen LogP contribution in [0.4, 0.5) is 0 Å². The Morgan fingerprint density at radius 3 is 1.59 bits per heavy atom. The molecule has 0 aliphatic carbocycles. The van der Waals surface area contributed by atoms with Gasteiger partial charge in [-0.25, -0.2) is 0 Å². The quantitative estimate of drug-likeness (QED) is 0.334. The van der Waals surface area contributed by atoms with E-state index in [1.807, 2.05) is 0 Å². The van der Waals surface area contributed by atoms with Crippen molar-refractivity contribution >= 4 is 0 Å². The van der Waals surface area contributed by atoms with Crippen LogP contribution in [-0.2, 0) is 44.8 Å². The van der Waals surface area contributed by atoms with Crippen molar-refractivity contribution < 1.29 is 49.9 Å². The maximum absolute atomic E-state index is 9.41. The summed E-state index contributed by atoms with van der Waals surface area (Å²) >= 11 is 0. The second kappa shape index (κ2) is 50.1. The zero-order valence-corrected chi connectivity index (χ0v) is 13.2. The van der Waals surface area contributed by atoms with Crippen LogP contribution in [0.1, 0.15) is 39.0 Å². The van der Waals surface area contributed by atoms with E-state index in [1.54, 1.807) is 0 Å². The van der Waals surface area contributed by atoms with E-state index in [9.17, 15) is 5.11 Å². The summed E-state index contributed by atoms with van der Waals surface area (Å²) in [6.45, 7) is 25.5. The van der Waals surface area contributed by atoms with E-state index in [4.69, 9.17) is 28.0 Å². The number of ether oxygens (including phenoxy) is 1. The molecule has 0 saturated carbocycles. The van der Waals surface area contributed by atoms with Gasteiger partial charge in [-0.05, 0) is 6.42 Å². The van der Waals surface area contributed by atoms with Crippen LogP contribution < -0.4 is 0 Å². The molecule has 2 unspecified atom stereocenters. The molecule has 1 aliphatic heterocycles. The topological polar surface area (TPSA) is 132 Å². The van der Waals surface area contributed by atoms with Crippen molar-refractivity contribution in [3.8, 4) is 0 Å². The smallest absolute Gasteiger partial charge is 0 e. The summed E-state index contributed by atoms with van der Waals surface area (Å²) < 4.78 is 42.5. The number of rotatable bonds is 6. The van der Waals surface area contributed by atoms with Crippen LogP contribution in [0, 0.1) is 33.3 Å². The molecular formula is C14H18CoO7. The molecule has 1 aliphatic rings. The van der Waals surface area contributed by atoms with Gasteiger partial charge in [0.25, 0.3) is 0 Å². The fraction of sp³-hybridized carbons (Fsp3) is 0.643. The molecule has 1 rings (SSSR count). The molecule has 22 heavy (non-hydrogen) atoms. The van der Waals surface area contributed by atoms with Crippen LogP contribution in [0.2, 0.25) is 0 Å². The van der Waals surface area contributed by atoms with E-state index in [0.717, 1.165) is 25.9 Å². The van der Waals surface area contributed by atoms with Gasteiger partial charge in [0.2, 0.25) is 0 Å². The summed E-state index contributed by atoms with van der Waals surface area (Å²) in [7, 11) is 0. The van der Waals surface area contributed by atoms with Crippen molar-refractivity contribution in [2.24, 2.45) is 0 Å². The molecule has 1 radical (unpaired) electrons. The van der Waals surface area contributed by atoms with Crippen LogP contribution in [0.3, 0.4) is 0 Å². The molecule has 7 nitrogen and oxygen atoms in total. The molecule has 0 aromatic carbocycles. The van der Waals surface area contributed by atoms with Crippen molar-refractivity contribution in [1.82, 2.24) is 0 Å². The van der Waals surface area contributed by atoms with Crippen LogP contribution in [0.15, 0.2) is 0 Å². The Hall–Kier alpha value is -0.874. The Labute approximate surface area is 141 Å². The van der Waals surface area contributed by atoms with Gasteiger partial charge in [-0.3, -0.25) is 0 Å². The molecule has 1 fully saturated rings. The van der Waals surface area contributed by atoms with Crippen LogP contribution in [-0.4, -0.2) is 23.9 Å².